The molecule has 0 aromatic rings. The van der Waals surface area contributed by atoms with Crippen LogP contribution in [-0.2, 0) is 23.9 Å². The number of aliphatic carboxylic acids is 1. The average Bonchev–Trinajstić information content (AvgIpc) is 2.99. The lowest BCUT2D eigenvalue weighted by molar-refractivity contribution is -0.368. The molecule has 0 aliphatic rings. The molecule has 0 bridgehead atoms. The van der Waals surface area contributed by atoms with Gasteiger partial charge in [0.25, 0.3) is 0 Å². The van der Waals surface area contributed by atoms with Crippen LogP contribution in [0.2, 0.25) is 0 Å². The molecule has 10 nitrogen and oxygen atoms in total. The van der Waals surface area contributed by atoms with E-state index in [2.05, 4.69) is 22.1 Å². The summed E-state index contributed by atoms with van der Waals surface area (Å²) in [7, 11) is 3.81. The molecule has 0 saturated heterocycles. The molecule has 0 fully saturated rings. The Morgan fingerprint density at radius 2 is 0.907 bits per heavy atom. The number of quaternary nitrogens is 2. The molecule has 252 valence electrons. The highest BCUT2D eigenvalue weighted by atomic mass is 33.1. The van der Waals surface area contributed by atoms with Crippen molar-refractivity contribution in [2.45, 2.75) is 141 Å². The normalized spacial score (nSPS) is 12.4. The van der Waals surface area contributed by atoms with Crippen molar-refractivity contribution in [1.29, 1.82) is 0 Å². The molecular formula is C31H62N4O6S2+2. The number of nitrogens with one attached hydrogen (secondary N) is 2. The van der Waals surface area contributed by atoms with Gasteiger partial charge in [-0.2, -0.15) is 0 Å². The third kappa shape index (κ3) is 26.6. The van der Waals surface area contributed by atoms with Gasteiger partial charge in [-0.15, -0.1) is 0 Å². The van der Waals surface area contributed by atoms with Crippen LogP contribution in [0.3, 0.4) is 0 Å². The van der Waals surface area contributed by atoms with E-state index in [0.717, 1.165) is 51.6 Å². The van der Waals surface area contributed by atoms with Crippen molar-refractivity contribution in [3.8, 4) is 0 Å². The first-order valence-corrected chi connectivity index (χ1v) is 19.1. The minimum atomic E-state index is -1.09. The highest BCUT2D eigenvalue weighted by Crippen LogP contribution is 2.23. The predicted octanol–water partition coefficient (Wildman–Crippen LogP) is 3.88. The highest BCUT2D eigenvalue weighted by molar-refractivity contribution is 8.76. The van der Waals surface area contributed by atoms with E-state index in [-0.39, 0.29) is 23.3 Å². The van der Waals surface area contributed by atoms with Gasteiger partial charge in [-0.05, 0) is 38.5 Å². The molecular weight excluding hydrogens is 588 g/mol. The maximum atomic E-state index is 12.4. The fourth-order valence-corrected chi connectivity index (χ4v) is 6.95. The molecule has 0 spiro atoms. The fourth-order valence-electron chi connectivity index (χ4n) is 4.65. The topological polar surface area (TPSA) is 177 Å². The van der Waals surface area contributed by atoms with Crippen LogP contribution in [0, 0.1) is 0 Å². The Labute approximate surface area is 268 Å². The first-order valence-electron chi connectivity index (χ1n) is 16.6. The Morgan fingerprint density at radius 1 is 0.581 bits per heavy atom. The van der Waals surface area contributed by atoms with Gasteiger partial charge in [0.15, 0.2) is 0 Å². The SMILES string of the molecule is COC(=O)C(CSSCC(NC(=O)CCCCCCCCCCC[NH3+])C(=O)O)NC(=O)CCCCCCCCCCC[NH3+]. The molecule has 0 aliphatic carbocycles. The summed E-state index contributed by atoms with van der Waals surface area (Å²) in [5.74, 6) is -1.67. The van der Waals surface area contributed by atoms with E-state index in [0.29, 0.717) is 12.8 Å². The molecule has 2 atom stereocenters. The molecule has 2 amide bonds. The average molecular weight is 651 g/mol. The Kier molecular flexibility index (Phi) is 29.5. The van der Waals surface area contributed by atoms with E-state index in [9.17, 15) is 24.3 Å². The summed E-state index contributed by atoms with van der Waals surface area (Å²) in [6.45, 7) is 2.02. The Balaban J connectivity index is 4.14. The van der Waals surface area contributed by atoms with Crippen LogP contribution in [0.1, 0.15) is 128 Å². The summed E-state index contributed by atoms with van der Waals surface area (Å²) in [5.41, 5.74) is 7.73. The third-order valence-corrected chi connectivity index (χ3v) is 9.74. The van der Waals surface area contributed by atoms with E-state index < -0.39 is 24.0 Å². The minimum Gasteiger partial charge on any atom is -0.480 e. The lowest BCUT2D eigenvalue weighted by Crippen LogP contribution is -2.50. The number of amides is 2. The van der Waals surface area contributed by atoms with Crippen LogP contribution in [0.4, 0.5) is 0 Å². The first kappa shape index (κ1) is 41.5. The van der Waals surface area contributed by atoms with Gasteiger partial charge in [0.05, 0.1) is 20.2 Å². The van der Waals surface area contributed by atoms with Gasteiger partial charge in [-0.1, -0.05) is 98.6 Å². The van der Waals surface area contributed by atoms with Crippen LogP contribution in [-0.4, -0.2) is 72.6 Å². The van der Waals surface area contributed by atoms with Gasteiger partial charge in [-0.3, -0.25) is 9.59 Å². The van der Waals surface area contributed by atoms with E-state index in [1.165, 1.54) is 106 Å². The molecule has 0 saturated carbocycles. The number of methoxy groups -OCH3 is 1. The van der Waals surface area contributed by atoms with E-state index in [1.807, 2.05) is 0 Å². The highest BCUT2D eigenvalue weighted by Gasteiger charge is 2.23. The van der Waals surface area contributed by atoms with Gasteiger partial charge in [0.2, 0.25) is 11.8 Å². The zero-order chi connectivity index (χ0) is 32.0. The molecule has 2 unspecified atom stereocenters. The number of unbranched alkanes of at least 4 members (excludes halogenated alkanes) is 16. The summed E-state index contributed by atoms with van der Waals surface area (Å²) in [4.78, 5) is 48.5. The second kappa shape index (κ2) is 30.5. The second-order valence-corrected chi connectivity index (χ2v) is 13.8. The number of hydrogen-bond donors (Lipinski definition) is 5. The van der Waals surface area contributed by atoms with Crippen LogP contribution in [0.5, 0.6) is 0 Å². The monoisotopic (exact) mass is 650 g/mol. The van der Waals surface area contributed by atoms with Crippen molar-refractivity contribution in [3.05, 3.63) is 0 Å². The molecule has 0 aromatic heterocycles. The number of carboxylic acid groups (broad SMARTS) is 1. The van der Waals surface area contributed by atoms with Crippen LogP contribution in [0.25, 0.3) is 0 Å². The number of rotatable bonds is 31. The van der Waals surface area contributed by atoms with Gasteiger partial charge in [0.1, 0.15) is 12.1 Å². The lowest BCUT2D eigenvalue weighted by Gasteiger charge is -2.17. The first-order chi connectivity index (χ1) is 20.8. The van der Waals surface area contributed by atoms with Gasteiger partial charge >= 0.3 is 11.9 Å². The van der Waals surface area contributed by atoms with E-state index >= 15 is 0 Å². The Bertz CT molecular complexity index is 732. The van der Waals surface area contributed by atoms with Gasteiger partial charge in [-0.25, -0.2) is 9.59 Å². The molecule has 0 aromatic carbocycles. The molecule has 0 radical (unpaired) electrons. The summed E-state index contributed by atoms with van der Waals surface area (Å²) in [6, 6.07) is -1.82. The number of carboxylic acids is 1. The van der Waals surface area contributed by atoms with Crippen molar-refractivity contribution < 1.29 is 40.5 Å². The predicted molar refractivity (Wildman–Crippen MR) is 176 cm³/mol. The maximum absolute atomic E-state index is 12.4. The molecule has 0 heterocycles. The molecule has 43 heavy (non-hydrogen) atoms. The smallest absolute Gasteiger partial charge is 0.329 e. The minimum absolute atomic E-state index is 0.150. The number of esters is 1. The van der Waals surface area contributed by atoms with E-state index in [4.69, 9.17) is 4.74 Å². The second-order valence-electron chi connectivity index (χ2n) is 11.2. The zero-order valence-electron chi connectivity index (χ0n) is 26.8. The summed E-state index contributed by atoms with van der Waals surface area (Å²) >= 11 is 0. The van der Waals surface area contributed by atoms with Crippen molar-refractivity contribution in [2.24, 2.45) is 0 Å². The fraction of sp³-hybridized carbons (Fsp3) is 0.871. The quantitative estimate of drug-likeness (QED) is 0.0426. The van der Waals surface area contributed by atoms with Crippen LogP contribution < -0.4 is 22.1 Å². The van der Waals surface area contributed by atoms with Crippen molar-refractivity contribution in [3.63, 3.8) is 0 Å². The van der Waals surface area contributed by atoms with Crippen molar-refractivity contribution in [1.82, 2.24) is 10.6 Å². The zero-order valence-corrected chi connectivity index (χ0v) is 28.5. The van der Waals surface area contributed by atoms with Gasteiger partial charge in [0, 0.05) is 24.3 Å². The number of hydrogen-bond acceptors (Lipinski definition) is 7. The Hall–Kier alpha value is -1.50. The summed E-state index contributed by atoms with van der Waals surface area (Å²) in [5, 5.41) is 14.9. The molecule has 12 heteroatoms. The summed E-state index contributed by atoms with van der Waals surface area (Å²) < 4.78 is 4.84. The summed E-state index contributed by atoms with van der Waals surface area (Å²) in [6.07, 6.45) is 21.1. The van der Waals surface area contributed by atoms with Crippen molar-refractivity contribution in [2.75, 3.05) is 31.7 Å². The van der Waals surface area contributed by atoms with Gasteiger partial charge < -0.3 is 31.9 Å². The van der Waals surface area contributed by atoms with Crippen LogP contribution >= 0.6 is 21.6 Å². The number of carbonyl (C=O) groups is 4. The van der Waals surface area contributed by atoms with Crippen LogP contribution in [0.15, 0.2) is 0 Å². The van der Waals surface area contributed by atoms with Crippen molar-refractivity contribution >= 4 is 45.3 Å². The molecule has 0 aliphatic heterocycles. The Morgan fingerprint density at radius 3 is 1.26 bits per heavy atom. The number of carbonyl (C=O) groups excluding carboxylic acids is 3. The maximum Gasteiger partial charge on any atom is 0.329 e. The third-order valence-electron chi connectivity index (χ3n) is 7.31. The van der Waals surface area contributed by atoms with E-state index in [1.54, 1.807) is 0 Å². The largest absolute Gasteiger partial charge is 0.480 e. The number of ether oxygens (including phenoxy) is 1. The molecule has 0 rings (SSSR count). The standard InChI is InChI=1S/C31H60N4O6S2/c1-41-31(40)27(35-29(37)21-17-13-9-5-3-7-11-15-19-23-33)25-43-42-24-26(30(38)39)34-28(36)20-16-12-8-4-2-6-10-14-18-22-32/h26-27H,2-25,32-33H2,1H3,(H,34,36)(H,35,37)(H,38,39)/p+2. The molecule has 9 N–H and O–H groups in total. The lowest BCUT2D eigenvalue weighted by atomic mass is 10.1.